The van der Waals surface area contributed by atoms with E-state index in [1.54, 1.807) is 48.5 Å². The molecule has 0 N–H and O–H groups in total. The number of hydrogen-bond acceptors (Lipinski definition) is 5. The average Bonchev–Trinajstić information content (AvgIpc) is 2.77. The smallest absolute Gasteiger partial charge is 0.347 e. The molecular formula is C26H26O5. The van der Waals surface area contributed by atoms with Gasteiger partial charge in [-0.1, -0.05) is 42.5 Å². The standard InChI is InChI=1S/C26H26O5/c1-19(2)30-24-13-7-6-12-23(24)26(28)31-22-16-14-21(15-17-22)25(27)29-18-8-11-20-9-4-3-5-10-20/h3-7,9-10,12-17,19H,8,11,18H2,1-2H3. The van der Waals surface area contributed by atoms with Gasteiger partial charge in [-0.15, -0.1) is 0 Å². The highest BCUT2D eigenvalue weighted by atomic mass is 16.5. The highest BCUT2D eigenvalue weighted by molar-refractivity contribution is 5.94. The second-order valence-electron chi connectivity index (χ2n) is 7.30. The van der Waals surface area contributed by atoms with Crippen molar-refractivity contribution >= 4 is 11.9 Å². The van der Waals surface area contributed by atoms with Crippen LogP contribution in [0.5, 0.6) is 11.5 Å². The lowest BCUT2D eigenvalue weighted by Crippen LogP contribution is -2.14. The van der Waals surface area contributed by atoms with E-state index in [1.807, 2.05) is 32.0 Å². The van der Waals surface area contributed by atoms with Gasteiger partial charge in [0.2, 0.25) is 0 Å². The van der Waals surface area contributed by atoms with E-state index in [0.29, 0.717) is 29.2 Å². The zero-order chi connectivity index (χ0) is 22.1. The summed E-state index contributed by atoms with van der Waals surface area (Å²) in [7, 11) is 0. The van der Waals surface area contributed by atoms with Gasteiger partial charge in [-0.2, -0.15) is 0 Å². The molecule has 3 rings (SSSR count). The zero-order valence-corrected chi connectivity index (χ0v) is 17.7. The molecule has 0 unspecified atom stereocenters. The Labute approximate surface area is 182 Å². The van der Waals surface area contributed by atoms with E-state index >= 15 is 0 Å². The molecule has 0 atom stereocenters. The summed E-state index contributed by atoms with van der Waals surface area (Å²) in [5.41, 5.74) is 1.96. The lowest BCUT2D eigenvalue weighted by molar-refractivity contribution is 0.0500. The Morgan fingerprint density at radius 2 is 1.48 bits per heavy atom. The van der Waals surface area contributed by atoms with Gasteiger partial charge in [0.05, 0.1) is 18.3 Å². The number of carbonyl (C=O) groups is 2. The Balaban J connectivity index is 1.51. The van der Waals surface area contributed by atoms with Crippen LogP contribution >= 0.6 is 0 Å². The van der Waals surface area contributed by atoms with Gasteiger partial charge in [0.1, 0.15) is 17.1 Å². The molecule has 0 aliphatic heterocycles. The van der Waals surface area contributed by atoms with E-state index in [9.17, 15) is 9.59 Å². The second kappa shape index (κ2) is 11.0. The Kier molecular flexibility index (Phi) is 7.82. The first kappa shape index (κ1) is 22.1. The lowest BCUT2D eigenvalue weighted by atomic mass is 10.1. The first-order chi connectivity index (χ1) is 15.0. The lowest BCUT2D eigenvalue weighted by Gasteiger charge is -2.13. The Bertz CT molecular complexity index is 994. The maximum Gasteiger partial charge on any atom is 0.347 e. The highest BCUT2D eigenvalue weighted by Gasteiger charge is 2.16. The third-order valence-electron chi connectivity index (χ3n) is 4.46. The van der Waals surface area contributed by atoms with Gasteiger partial charge in [0.25, 0.3) is 0 Å². The van der Waals surface area contributed by atoms with Crippen LogP contribution in [0.1, 0.15) is 46.5 Å². The average molecular weight is 418 g/mol. The molecule has 0 bridgehead atoms. The van der Waals surface area contributed by atoms with Crippen molar-refractivity contribution in [3.63, 3.8) is 0 Å². The third-order valence-corrected chi connectivity index (χ3v) is 4.46. The molecule has 0 amide bonds. The molecule has 5 heteroatoms. The number of aryl methyl sites for hydroxylation is 1. The van der Waals surface area contributed by atoms with Crippen LogP contribution in [0.3, 0.4) is 0 Å². The molecule has 0 fully saturated rings. The monoisotopic (exact) mass is 418 g/mol. The molecular weight excluding hydrogens is 392 g/mol. The van der Waals surface area contributed by atoms with E-state index in [0.717, 1.165) is 12.8 Å². The molecule has 0 saturated heterocycles. The fraction of sp³-hybridized carbons (Fsp3) is 0.231. The van der Waals surface area contributed by atoms with Crippen molar-refractivity contribution in [2.75, 3.05) is 6.61 Å². The van der Waals surface area contributed by atoms with Gasteiger partial charge >= 0.3 is 11.9 Å². The molecule has 0 aliphatic rings. The maximum absolute atomic E-state index is 12.5. The van der Waals surface area contributed by atoms with Crippen molar-refractivity contribution in [3.05, 3.63) is 95.6 Å². The number of benzene rings is 3. The molecule has 3 aromatic carbocycles. The van der Waals surface area contributed by atoms with Crippen molar-refractivity contribution in [3.8, 4) is 11.5 Å². The van der Waals surface area contributed by atoms with E-state index in [-0.39, 0.29) is 6.10 Å². The van der Waals surface area contributed by atoms with Crippen LogP contribution in [0.2, 0.25) is 0 Å². The first-order valence-electron chi connectivity index (χ1n) is 10.3. The van der Waals surface area contributed by atoms with Gasteiger partial charge < -0.3 is 14.2 Å². The summed E-state index contributed by atoms with van der Waals surface area (Å²) in [4.78, 5) is 24.7. The molecule has 160 valence electrons. The number of carbonyl (C=O) groups excluding carboxylic acids is 2. The normalized spacial score (nSPS) is 10.5. The van der Waals surface area contributed by atoms with Crippen LogP contribution in [0.4, 0.5) is 0 Å². The number of ether oxygens (including phenoxy) is 3. The van der Waals surface area contributed by atoms with Crippen LogP contribution in [-0.2, 0) is 11.2 Å². The Morgan fingerprint density at radius 3 is 2.19 bits per heavy atom. The largest absolute Gasteiger partial charge is 0.490 e. The van der Waals surface area contributed by atoms with Crippen LogP contribution < -0.4 is 9.47 Å². The molecule has 5 nitrogen and oxygen atoms in total. The quantitative estimate of drug-likeness (QED) is 0.261. The minimum Gasteiger partial charge on any atom is -0.490 e. The highest BCUT2D eigenvalue weighted by Crippen LogP contribution is 2.22. The predicted octanol–water partition coefficient (Wildman–Crippen LogP) is 5.48. The molecule has 0 saturated carbocycles. The van der Waals surface area contributed by atoms with E-state index in [4.69, 9.17) is 14.2 Å². The molecule has 0 spiro atoms. The number of hydrogen-bond donors (Lipinski definition) is 0. The first-order valence-corrected chi connectivity index (χ1v) is 10.3. The van der Waals surface area contributed by atoms with Crippen molar-refractivity contribution in [1.82, 2.24) is 0 Å². The Hall–Kier alpha value is -3.60. The molecule has 0 aromatic heterocycles. The summed E-state index contributed by atoms with van der Waals surface area (Å²) in [5.74, 6) is -0.114. The minimum atomic E-state index is -0.521. The summed E-state index contributed by atoms with van der Waals surface area (Å²) in [6.45, 7) is 4.13. The van der Waals surface area contributed by atoms with Crippen molar-refractivity contribution in [2.45, 2.75) is 32.8 Å². The van der Waals surface area contributed by atoms with Gasteiger partial charge in [-0.3, -0.25) is 0 Å². The fourth-order valence-electron chi connectivity index (χ4n) is 2.98. The van der Waals surface area contributed by atoms with Gasteiger partial charge in [-0.05, 0) is 68.7 Å². The molecule has 31 heavy (non-hydrogen) atoms. The number of esters is 2. The predicted molar refractivity (Wildman–Crippen MR) is 119 cm³/mol. The van der Waals surface area contributed by atoms with Gasteiger partial charge in [0, 0.05) is 0 Å². The second-order valence-corrected chi connectivity index (χ2v) is 7.30. The van der Waals surface area contributed by atoms with Crippen molar-refractivity contribution in [1.29, 1.82) is 0 Å². The number of para-hydroxylation sites is 1. The summed E-state index contributed by atoms with van der Waals surface area (Å²) in [6.07, 6.45) is 1.54. The maximum atomic E-state index is 12.5. The SMILES string of the molecule is CC(C)Oc1ccccc1C(=O)Oc1ccc(C(=O)OCCCc2ccccc2)cc1. The summed E-state index contributed by atoms with van der Waals surface area (Å²) < 4.78 is 16.4. The minimum absolute atomic E-state index is 0.0630. The van der Waals surface area contributed by atoms with Crippen molar-refractivity contribution in [2.24, 2.45) is 0 Å². The topological polar surface area (TPSA) is 61.8 Å². The zero-order valence-electron chi connectivity index (χ0n) is 17.7. The Morgan fingerprint density at radius 1 is 0.806 bits per heavy atom. The molecule has 3 aromatic rings. The van der Waals surface area contributed by atoms with Crippen LogP contribution in [0.15, 0.2) is 78.9 Å². The number of rotatable bonds is 9. The van der Waals surface area contributed by atoms with Crippen LogP contribution in [-0.4, -0.2) is 24.6 Å². The van der Waals surface area contributed by atoms with E-state index in [1.165, 1.54) is 5.56 Å². The van der Waals surface area contributed by atoms with Gasteiger partial charge in [0.15, 0.2) is 0 Å². The molecule has 0 heterocycles. The van der Waals surface area contributed by atoms with E-state index < -0.39 is 11.9 Å². The summed E-state index contributed by atoms with van der Waals surface area (Å²) in [5, 5.41) is 0. The van der Waals surface area contributed by atoms with Crippen LogP contribution in [0.25, 0.3) is 0 Å². The third kappa shape index (κ3) is 6.71. The fourth-order valence-corrected chi connectivity index (χ4v) is 2.98. The van der Waals surface area contributed by atoms with Crippen LogP contribution in [0, 0.1) is 0 Å². The molecule has 0 aliphatic carbocycles. The van der Waals surface area contributed by atoms with Gasteiger partial charge in [-0.25, -0.2) is 9.59 Å². The van der Waals surface area contributed by atoms with Crippen molar-refractivity contribution < 1.29 is 23.8 Å². The summed E-state index contributed by atoms with van der Waals surface area (Å²) >= 11 is 0. The van der Waals surface area contributed by atoms with E-state index in [2.05, 4.69) is 12.1 Å². The molecule has 0 radical (unpaired) electrons. The summed E-state index contributed by atoms with van der Waals surface area (Å²) in [6, 6.07) is 23.3.